The number of hydrogen-bond acceptors (Lipinski definition) is 3. The van der Waals surface area contributed by atoms with Gasteiger partial charge in [-0.3, -0.25) is 14.4 Å². The van der Waals surface area contributed by atoms with Crippen molar-refractivity contribution in [3.63, 3.8) is 0 Å². The van der Waals surface area contributed by atoms with E-state index in [1.807, 2.05) is 0 Å². The number of fused-ring (bicyclic) bond motifs is 1. The zero-order valence-electron chi connectivity index (χ0n) is 30.4. The Morgan fingerprint density at radius 1 is 0.830 bits per heavy atom. The van der Waals surface area contributed by atoms with Gasteiger partial charge in [-0.15, -0.1) is 0 Å². The summed E-state index contributed by atoms with van der Waals surface area (Å²) in [6.45, 7) is 14.3. The molecular weight excluding hydrogens is 576 g/mol. The molecule has 0 heterocycles. The lowest BCUT2D eigenvalue weighted by atomic mass is 9.71. The highest BCUT2D eigenvalue weighted by Gasteiger charge is 2.34. The maximum atomic E-state index is 13.8. The van der Waals surface area contributed by atoms with Crippen LogP contribution in [0.3, 0.4) is 0 Å². The fourth-order valence-corrected chi connectivity index (χ4v) is 7.63. The number of aryl methyl sites for hydroxylation is 4. The number of unbranched alkanes of at least 4 members (excludes halogenated alkanes) is 1. The first-order valence-corrected chi connectivity index (χ1v) is 18.5. The van der Waals surface area contributed by atoms with Crippen LogP contribution >= 0.6 is 0 Å². The monoisotopic (exact) mass is 636 g/mol. The fraction of sp³-hybridized carbons (Fsp3) is 0.523. The summed E-state index contributed by atoms with van der Waals surface area (Å²) in [6.07, 6.45) is 11.6. The zero-order valence-corrected chi connectivity index (χ0v) is 30.4. The Labute approximate surface area is 286 Å². The van der Waals surface area contributed by atoms with Gasteiger partial charge >= 0.3 is 0 Å². The number of ketones is 3. The molecule has 3 atom stereocenters. The molecule has 254 valence electrons. The molecule has 0 saturated heterocycles. The molecule has 0 radical (unpaired) electrons. The van der Waals surface area contributed by atoms with E-state index in [0.717, 1.165) is 75.3 Å². The van der Waals surface area contributed by atoms with Crippen molar-refractivity contribution >= 4 is 17.3 Å². The number of rotatable bonds is 16. The Bertz CT molecular complexity index is 1450. The van der Waals surface area contributed by atoms with Crippen molar-refractivity contribution in [2.24, 2.45) is 17.8 Å². The van der Waals surface area contributed by atoms with E-state index in [9.17, 15) is 14.4 Å². The molecule has 1 aliphatic carbocycles. The van der Waals surface area contributed by atoms with E-state index in [0.29, 0.717) is 6.42 Å². The molecule has 3 heteroatoms. The topological polar surface area (TPSA) is 51.2 Å². The van der Waals surface area contributed by atoms with Gasteiger partial charge < -0.3 is 0 Å². The van der Waals surface area contributed by atoms with Crippen molar-refractivity contribution in [1.29, 1.82) is 0 Å². The van der Waals surface area contributed by atoms with Gasteiger partial charge in [0, 0.05) is 17.9 Å². The third-order valence-corrected chi connectivity index (χ3v) is 9.78. The molecule has 0 aromatic heterocycles. The lowest BCUT2D eigenvalue weighted by Crippen LogP contribution is -2.30. The predicted molar refractivity (Wildman–Crippen MR) is 198 cm³/mol. The highest BCUT2D eigenvalue weighted by Crippen LogP contribution is 2.41. The fourth-order valence-electron chi connectivity index (χ4n) is 7.63. The van der Waals surface area contributed by atoms with Crippen LogP contribution in [0.1, 0.15) is 138 Å². The largest absolute Gasteiger partial charge is 0.300 e. The van der Waals surface area contributed by atoms with Crippen molar-refractivity contribution in [1.82, 2.24) is 0 Å². The summed E-state index contributed by atoms with van der Waals surface area (Å²) in [7, 11) is 0. The third kappa shape index (κ3) is 10.8. The van der Waals surface area contributed by atoms with Gasteiger partial charge in [-0.05, 0) is 116 Å². The van der Waals surface area contributed by atoms with E-state index in [-0.39, 0.29) is 41.5 Å². The van der Waals surface area contributed by atoms with Gasteiger partial charge in [0.15, 0.2) is 5.78 Å². The van der Waals surface area contributed by atoms with Crippen molar-refractivity contribution in [2.75, 3.05) is 0 Å². The number of Topliss-reactive ketones (excluding diaryl/α,β-unsaturated/α-hetero) is 3. The summed E-state index contributed by atoms with van der Waals surface area (Å²) >= 11 is 0. The van der Waals surface area contributed by atoms with Crippen LogP contribution in [0.25, 0.3) is 11.1 Å². The second-order valence-corrected chi connectivity index (χ2v) is 13.9. The quantitative estimate of drug-likeness (QED) is 0.116. The second kappa shape index (κ2) is 19.5. The van der Waals surface area contributed by atoms with E-state index in [1.165, 1.54) is 46.7 Å². The summed E-state index contributed by atoms with van der Waals surface area (Å²) in [5.74, 6) is 0.551. The van der Waals surface area contributed by atoms with Gasteiger partial charge in [-0.25, -0.2) is 0 Å². The molecule has 3 nitrogen and oxygen atoms in total. The van der Waals surface area contributed by atoms with E-state index in [1.54, 1.807) is 0 Å². The lowest BCUT2D eigenvalue weighted by molar-refractivity contribution is -0.129. The number of hydrogen-bond donors (Lipinski definition) is 0. The number of benzene rings is 3. The van der Waals surface area contributed by atoms with Crippen LogP contribution in [0.2, 0.25) is 0 Å². The van der Waals surface area contributed by atoms with Crippen LogP contribution in [-0.2, 0) is 35.3 Å². The van der Waals surface area contributed by atoms with E-state index in [2.05, 4.69) is 102 Å². The van der Waals surface area contributed by atoms with E-state index in [4.69, 9.17) is 0 Å². The summed E-state index contributed by atoms with van der Waals surface area (Å²) in [4.78, 5) is 38.6. The van der Waals surface area contributed by atoms with Crippen molar-refractivity contribution < 1.29 is 14.4 Å². The summed E-state index contributed by atoms with van der Waals surface area (Å²) in [5.41, 5.74) is 9.73. The van der Waals surface area contributed by atoms with Crippen LogP contribution in [-0.4, -0.2) is 17.3 Å². The third-order valence-electron chi connectivity index (χ3n) is 9.78. The molecule has 0 N–H and O–H groups in total. The highest BCUT2D eigenvalue weighted by atomic mass is 16.1. The number of carbonyl (C=O) groups excluding carboxylic acids is 3. The summed E-state index contributed by atoms with van der Waals surface area (Å²) in [5, 5.41) is 0. The van der Waals surface area contributed by atoms with Gasteiger partial charge in [-0.2, -0.15) is 0 Å². The molecule has 0 bridgehead atoms. The SMILES string of the molecule is CCC.CCCC(CC1CC(=O)c2c(C)ccc(-c3cc(CCCCc4ccccc4)ccc3CC)c2C1)C(CC)C(=O)CC(C)=O. The molecule has 0 fully saturated rings. The first kappa shape index (κ1) is 38.1. The minimum Gasteiger partial charge on any atom is -0.300 e. The van der Waals surface area contributed by atoms with Crippen molar-refractivity contribution in [3.8, 4) is 11.1 Å². The molecule has 0 amide bonds. The van der Waals surface area contributed by atoms with Crippen LogP contribution < -0.4 is 0 Å². The normalized spacial score (nSPS) is 15.3. The minimum absolute atomic E-state index is 0.0247. The smallest absolute Gasteiger partial charge is 0.163 e. The lowest BCUT2D eigenvalue weighted by Gasteiger charge is -2.33. The predicted octanol–water partition coefficient (Wildman–Crippen LogP) is 11.3. The van der Waals surface area contributed by atoms with E-state index < -0.39 is 0 Å². The first-order chi connectivity index (χ1) is 22.7. The van der Waals surface area contributed by atoms with Crippen LogP contribution in [0.15, 0.2) is 60.7 Å². The van der Waals surface area contributed by atoms with Crippen LogP contribution in [0, 0.1) is 24.7 Å². The minimum atomic E-state index is -0.113. The Morgan fingerprint density at radius 3 is 2.13 bits per heavy atom. The maximum Gasteiger partial charge on any atom is 0.163 e. The maximum absolute atomic E-state index is 13.8. The molecule has 0 spiro atoms. The van der Waals surface area contributed by atoms with Gasteiger partial charge in [0.05, 0.1) is 6.42 Å². The zero-order chi connectivity index (χ0) is 34.3. The Morgan fingerprint density at radius 2 is 1.51 bits per heavy atom. The molecule has 1 aliphatic rings. The standard InChI is InChI=1S/C41H52O3.C3H8/c1-6-14-34(35(8-3)39(43)23-29(5)42)24-32-26-38-36(22-19-28(4)41(38)40(44)27-32)37-25-31(20-21-33(37)7-2)18-13-12-17-30-15-10-9-11-16-30;1-3-2/h9-11,15-16,19-22,25,32,34-35H,6-8,12-14,17-18,23-24,26-27H2,1-5H3;3H2,1-2H3. The first-order valence-electron chi connectivity index (χ1n) is 18.5. The molecule has 0 aliphatic heterocycles. The van der Waals surface area contributed by atoms with Gasteiger partial charge in [0.25, 0.3) is 0 Å². The van der Waals surface area contributed by atoms with Gasteiger partial charge in [-0.1, -0.05) is 115 Å². The molecule has 47 heavy (non-hydrogen) atoms. The molecule has 4 rings (SSSR count). The van der Waals surface area contributed by atoms with Crippen molar-refractivity contribution in [2.45, 2.75) is 132 Å². The summed E-state index contributed by atoms with van der Waals surface area (Å²) < 4.78 is 0. The average molecular weight is 637 g/mol. The Kier molecular flexibility index (Phi) is 15.8. The Balaban J connectivity index is 0.00000192. The molecule has 0 saturated carbocycles. The van der Waals surface area contributed by atoms with Crippen LogP contribution in [0.5, 0.6) is 0 Å². The highest BCUT2D eigenvalue weighted by molar-refractivity contribution is 6.02. The Hall–Kier alpha value is -3.33. The molecular formula is C44H60O3. The average Bonchev–Trinajstić information content (AvgIpc) is 3.04. The van der Waals surface area contributed by atoms with E-state index >= 15 is 0 Å². The molecule has 3 aromatic carbocycles. The molecule has 3 aromatic rings. The summed E-state index contributed by atoms with van der Waals surface area (Å²) in [6, 6.07) is 22.1. The van der Waals surface area contributed by atoms with Crippen LogP contribution in [0.4, 0.5) is 0 Å². The van der Waals surface area contributed by atoms with Gasteiger partial charge in [0.1, 0.15) is 11.6 Å². The number of carbonyl (C=O) groups is 3. The second-order valence-electron chi connectivity index (χ2n) is 13.9. The molecule has 3 unspecified atom stereocenters. The van der Waals surface area contributed by atoms with Gasteiger partial charge in [0.2, 0.25) is 0 Å². The van der Waals surface area contributed by atoms with Crippen molar-refractivity contribution in [3.05, 3.63) is 94.0 Å².